The van der Waals surface area contributed by atoms with E-state index in [0.29, 0.717) is 19.1 Å². The fourth-order valence-electron chi connectivity index (χ4n) is 1.63. The highest BCUT2D eigenvalue weighted by Gasteiger charge is 2.04. The van der Waals surface area contributed by atoms with Gasteiger partial charge in [0.05, 0.1) is 6.61 Å². The van der Waals surface area contributed by atoms with Crippen molar-refractivity contribution in [2.24, 2.45) is 5.92 Å². The molecule has 1 rings (SSSR count). The number of hydrogen-bond donors (Lipinski definition) is 1. The molecule has 1 aromatic carbocycles. The van der Waals surface area contributed by atoms with E-state index in [1.54, 1.807) is 0 Å². The van der Waals surface area contributed by atoms with Gasteiger partial charge in [-0.15, -0.1) is 0 Å². The van der Waals surface area contributed by atoms with Crippen LogP contribution in [0.5, 0.6) is 0 Å². The lowest BCUT2D eigenvalue weighted by molar-refractivity contribution is -0.126. The SMILES string of the molecule is Cc1ccc(COCC(=O)NCC(C)C)c(C)c1. The van der Waals surface area contributed by atoms with Gasteiger partial charge in [-0.3, -0.25) is 4.79 Å². The second-order valence-electron chi connectivity index (χ2n) is 5.12. The monoisotopic (exact) mass is 249 g/mol. The summed E-state index contributed by atoms with van der Waals surface area (Å²) in [5, 5.41) is 2.83. The molecule has 1 amide bonds. The van der Waals surface area contributed by atoms with Crippen LogP contribution in [0.25, 0.3) is 0 Å². The average molecular weight is 249 g/mol. The summed E-state index contributed by atoms with van der Waals surface area (Å²) in [5.41, 5.74) is 3.58. The molecule has 0 atom stereocenters. The van der Waals surface area contributed by atoms with Crippen LogP contribution in [0, 0.1) is 19.8 Å². The molecule has 3 nitrogen and oxygen atoms in total. The Balaban J connectivity index is 2.31. The number of hydrogen-bond acceptors (Lipinski definition) is 2. The van der Waals surface area contributed by atoms with E-state index in [4.69, 9.17) is 4.74 Å². The molecule has 0 aliphatic heterocycles. The van der Waals surface area contributed by atoms with E-state index < -0.39 is 0 Å². The summed E-state index contributed by atoms with van der Waals surface area (Å²) in [6, 6.07) is 6.23. The molecule has 0 aliphatic rings. The Morgan fingerprint density at radius 1 is 1.33 bits per heavy atom. The largest absolute Gasteiger partial charge is 0.367 e. The second-order valence-corrected chi connectivity index (χ2v) is 5.12. The van der Waals surface area contributed by atoms with Crippen LogP contribution in [-0.2, 0) is 16.1 Å². The number of carbonyl (C=O) groups excluding carboxylic acids is 1. The van der Waals surface area contributed by atoms with Gasteiger partial charge in [0, 0.05) is 6.54 Å². The molecule has 3 heteroatoms. The summed E-state index contributed by atoms with van der Waals surface area (Å²) >= 11 is 0. The molecule has 1 N–H and O–H groups in total. The standard InChI is InChI=1S/C15H23NO2/c1-11(2)8-16-15(17)10-18-9-14-6-5-12(3)7-13(14)4/h5-7,11H,8-10H2,1-4H3,(H,16,17). The third kappa shape index (κ3) is 5.32. The van der Waals surface area contributed by atoms with Crippen molar-refractivity contribution in [3.8, 4) is 0 Å². The maximum atomic E-state index is 11.4. The molecule has 0 aliphatic carbocycles. The Labute approximate surface area is 110 Å². The number of ether oxygens (including phenoxy) is 1. The van der Waals surface area contributed by atoms with Gasteiger partial charge in [-0.1, -0.05) is 37.6 Å². The predicted octanol–water partition coefficient (Wildman–Crippen LogP) is 2.59. The quantitative estimate of drug-likeness (QED) is 0.841. The molecule has 0 saturated carbocycles. The van der Waals surface area contributed by atoms with Crippen molar-refractivity contribution in [1.82, 2.24) is 5.32 Å². The average Bonchev–Trinajstić information content (AvgIpc) is 2.29. The van der Waals surface area contributed by atoms with Gasteiger partial charge in [0.1, 0.15) is 6.61 Å². The minimum Gasteiger partial charge on any atom is -0.367 e. The van der Waals surface area contributed by atoms with E-state index in [9.17, 15) is 4.79 Å². The molecule has 0 saturated heterocycles. The van der Waals surface area contributed by atoms with Gasteiger partial charge >= 0.3 is 0 Å². The smallest absolute Gasteiger partial charge is 0.246 e. The molecule has 18 heavy (non-hydrogen) atoms. The third-order valence-corrected chi connectivity index (χ3v) is 2.70. The van der Waals surface area contributed by atoms with Crippen LogP contribution >= 0.6 is 0 Å². The Morgan fingerprint density at radius 2 is 2.06 bits per heavy atom. The molecule has 100 valence electrons. The van der Waals surface area contributed by atoms with Crippen LogP contribution in [0.3, 0.4) is 0 Å². The van der Waals surface area contributed by atoms with Gasteiger partial charge in [0.15, 0.2) is 0 Å². The van der Waals surface area contributed by atoms with Gasteiger partial charge < -0.3 is 10.1 Å². The van der Waals surface area contributed by atoms with E-state index in [1.165, 1.54) is 11.1 Å². The maximum absolute atomic E-state index is 11.4. The Kier molecular flexibility index (Phi) is 5.86. The van der Waals surface area contributed by atoms with E-state index in [0.717, 1.165) is 5.56 Å². The Bertz CT molecular complexity index is 399. The molecule has 0 unspecified atom stereocenters. The minimum absolute atomic E-state index is 0.0477. The molecule has 0 aromatic heterocycles. The lowest BCUT2D eigenvalue weighted by Crippen LogP contribution is -2.30. The molecule has 1 aromatic rings. The topological polar surface area (TPSA) is 38.3 Å². The summed E-state index contributed by atoms with van der Waals surface area (Å²) in [6.07, 6.45) is 0. The van der Waals surface area contributed by atoms with Crippen LogP contribution in [0.2, 0.25) is 0 Å². The number of nitrogens with one attached hydrogen (secondary N) is 1. The van der Waals surface area contributed by atoms with Gasteiger partial charge in [0.25, 0.3) is 0 Å². The maximum Gasteiger partial charge on any atom is 0.246 e. The van der Waals surface area contributed by atoms with Gasteiger partial charge in [-0.2, -0.15) is 0 Å². The van der Waals surface area contributed by atoms with Crippen LogP contribution in [0.1, 0.15) is 30.5 Å². The van der Waals surface area contributed by atoms with Gasteiger partial charge in [-0.05, 0) is 30.9 Å². The first-order valence-corrected chi connectivity index (χ1v) is 6.39. The molecule has 0 radical (unpaired) electrons. The molecule has 0 fully saturated rings. The summed E-state index contributed by atoms with van der Waals surface area (Å²) < 4.78 is 5.42. The summed E-state index contributed by atoms with van der Waals surface area (Å²) in [7, 11) is 0. The fraction of sp³-hybridized carbons (Fsp3) is 0.533. The summed E-state index contributed by atoms with van der Waals surface area (Å²) in [4.78, 5) is 11.4. The highest BCUT2D eigenvalue weighted by molar-refractivity contribution is 5.77. The van der Waals surface area contributed by atoms with Crippen LogP contribution in [-0.4, -0.2) is 19.1 Å². The summed E-state index contributed by atoms with van der Waals surface area (Å²) in [5.74, 6) is 0.418. The van der Waals surface area contributed by atoms with Gasteiger partial charge in [-0.25, -0.2) is 0 Å². The molecular weight excluding hydrogens is 226 g/mol. The highest BCUT2D eigenvalue weighted by atomic mass is 16.5. The number of rotatable bonds is 6. The van der Waals surface area contributed by atoms with Crippen molar-refractivity contribution in [3.05, 3.63) is 34.9 Å². The first-order valence-electron chi connectivity index (χ1n) is 6.39. The zero-order valence-electron chi connectivity index (χ0n) is 11.7. The highest BCUT2D eigenvalue weighted by Crippen LogP contribution is 2.11. The molecule has 0 spiro atoms. The number of aryl methyl sites for hydroxylation is 2. The fourth-order valence-corrected chi connectivity index (χ4v) is 1.63. The van der Waals surface area contributed by atoms with Crippen LogP contribution < -0.4 is 5.32 Å². The third-order valence-electron chi connectivity index (χ3n) is 2.70. The van der Waals surface area contributed by atoms with Crippen LogP contribution in [0.4, 0.5) is 0 Å². The predicted molar refractivity (Wildman–Crippen MR) is 73.4 cm³/mol. The first kappa shape index (κ1) is 14.7. The van der Waals surface area contributed by atoms with E-state index in [1.807, 2.05) is 0 Å². The van der Waals surface area contributed by atoms with E-state index >= 15 is 0 Å². The van der Waals surface area contributed by atoms with Crippen molar-refractivity contribution in [3.63, 3.8) is 0 Å². The van der Waals surface area contributed by atoms with Crippen molar-refractivity contribution in [1.29, 1.82) is 0 Å². The number of benzene rings is 1. The first-order chi connectivity index (χ1) is 8.49. The Hall–Kier alpha value is -1.35. The zero-order chi connectivity index (χ0) is 13.5. The normalized spacial score (nSPS) is 10.7. The molecule has 0 bridgehead atoms. The van der Waals surface area contributed by atoms with Crippen molar-refractivity contribution >= 4 is 5.91 Å². The van der Waals surface area contributed by atoms with Crippen molar-refractivity contribution in [2.75, 3.05) is 13.2 Å². The number of amides is 1. The second kappa shape index (κ2) is 7.17. The summed E-state index contributed by atoms with van der Waals surface area (Å²) in [6.45, 7) is 9.57. The van der Waals surface area contributed by atoms with E-state index in [-0.39, 0.29) is 12.5 Å². The lowest BCUT2D eigenvalue weighted by Gasteiger charge is -2.09. The minimum atomic E-state index is -0.0477. The van der Waals surface area contributed by atoms with Crippen LogP contribution in [0.15, 0.2) is 18.2 Å². The Morgan fingerprint density at radius 3 is 2.67 bits per heavy atom. The number of carbonyl (C=O) groups is 1. The molecule has 0 heterocycles. The van der Waals surface area contributed by atoms with Gasteiger partial charge in [0.2, 0.25) is 5.91 Å². The zero-order valence-corrected chi connectivity index (χ0v) is 11.7. The van der Waals surface area contributed by atoms with Crippen molar-refractivity contribution < 1.29 is 9.53 Å². The lowest BCUT2D eigenvalue weighted by atomic mass is 10.1. The van der Waals surface area contributed by atoms with Crippen molar-refractivity contribution in [2.45, 2.75) is 34.3 Å². The van der Waals surface area contributed by atoms with E-state index in [2.05, 4.69) is 51.2 Å². The molecular formula is C15H23NO2.